The highest BCUT2D eigenvalue weighted by Gasteiger charge is 2.14. The molecule has 0 atom stereocenters. The van der Waals surface area contributed by atoms with Gasteiger partial charge in [0, 0.05) is 35.6 Å². The summed E-state index contributed by atoms with van der Waals surface area (Å²) in [6, 6.07) is 12.2. The molecule has 27 heavy (non-hydrogen) atoms. The van der Waals surface area contributed by atoms with Crippen molar-refractivity contribution in [1.82, 2.24) is 14.3 Å². The number of aryl methyl sites for hydroxylation is 1. The molecule has 2 aromatic heterocycles. The number of benzene rings is 2. The number of nitrogens with zero attached hydrogens (tertiary/aromatic N) is 3. The molecule has 0 amide bonds. The zero-order chi connectivity index (χ0) is 19.3. The first kappa shape index (κ1) is 17.6. The zero-order valence-corrected chi connectivity index (χ0v) is 16.6. The number of anilines is 1. The van der Waals surface area contributed by atoms with Crippen LogP contribution in [0.25, 0.3) is 32.9 Å². The van der Waals surface area contributed by atoms with E-state index in [4.69, 9.17) is 0 Å². The summed E-state index contributed by atoms with van der Waals surface area (Å²) in [6.45, 7) is 4.23. The van der Waals surface area contributed by atoms with Crippen LogP contribution in [0.1, 0.15) is 19.9 Å². The standard InChI is InChI=1S/C20H22N4O2S/c1-13(2)24-12-18(14-5-8-19-15(9-14)11-21-23(19)3)17-7-6-16(10-20(17)24)22-27(4,25)26/h5-13,22H,1-4H3. The molecule has 0 radical (unpaired) electrons. The average molecular weight is 382 g/mol. The molecule has 0 aliphatic carbocycles. The van der Waals surface area contributed by atoms with E-state index in [1.165, 1.54) is 0 Å². The van der Waals surface area contributed by atoms with E-state index in [9.17, 15) is 8.42 Å². The predicted octanol–water partition coefficient (Wildman–Crippen LogP) is 4.15. The summed E-state index contributed by atoms with van der Waals surface area (Å²) in [5.74, 6) is 0. The molecule has 2 heterocycles. The van der Waals surface area contributed by atoms with Gasteiger partial charge in [-0.15, -0.1) is 0 Å². The Morgan fingerprint density at radius 2 is 1.85 bits per heavy atom. The van der Waals surface area contributed by atoms with Crippen LogP contribution < -0.4 is 4.72 Å². The monoisotopic (exact) mass is 382 g/mol. The lowest BCUT2D eigenvalue weighted by Gasteiger charge is -2.10. The van der Waals surface area contributed by atoms with Crippen molar-refractivity contribution in [3.8, 4) is 11.1 Å². The summed E-state index contributed by atoms with van der Waals surface area (Å²) < 4.78 is 29.8. The van der Waals surface area contributed by atoms with Crippen LogP contribution in [0.4, 0.5) is 5.69 Å². The topological polar surface area (TPSA) is 68.9 Å². The molecule has 4 rings (SSSR count). The van der Waals surface area contributed by atoms with Gasteiger partial charge >= 0.3 is 0 Å². The highest BCUT2D eigenvalue weighted by Crippen LogP contribution is 2.35. The van der Waals surface area contributed by atoms with Gasteiger partial charge in [0.05, 0.1) is 29.2 Å². The molecule has 0 aliphatic rings. The summed E-state index contributed by atoms with van der Waals surface area (Å²) in [5.41, 5.74) is 4.89. The Bertz CT molecular complexity index is 1270. The Labute approximate surface area is 158 Å². The number of fused-ring (bicyclic) bond motifs is 2. The van der Waals surface area contributed by atoms with Crippen molar-refractivity contribution in [2.45, 2.75) is 19.9 Å². The maximum Gasteiger partial charge on any atom is 0.229 e. The van der Waals surface area contributed by atoms with Crippen molar-refractivity contribution in [1.29, 1.82) is 0 Å². The van der Waals surface area contributed by atoms with Crippen LogP contribution in [0, 0.1) is 0 Å². The summed E-state index contributed by atoms with van der Waals surface area (Å²) in [7, 11) is -1.38. The molecule has 0 unspecified atom stereocenters. The third kappa shape index (κ3) is 3.19. The van der Waals surface area contributed by atoms with Crippen molar-refractivity contribution in [2.24, 2.45) is 7.05 Å². The largest absolute Gasteiger partial charge is 0.344 e. The Morgan fingerprint density at radius 1 is 1.07 bits per heavy atom. The van der Waals surface area contributed by atoms with Crippen molar-refractivity contribution < 1.29 is 8.42 Å². The van der Waals surface area contributed by atoms with E-state index < -0.39 is 10.0 Å². The molecule has 0 aliphatic heterocycles. The van der Waals surface area contributed by atoms with Gasteiger partial charge in [-0.25, -0.2) is 8.42 Å². The normalized spacial score (nSPS) is 12.3. The van der Waals surface area contributed by atoms with Crippen molar-refractivity contribution >= 4 is 37.5 Å². The maximum absolute atomic E-state index is 11.6. The van der Waals surface area contributed by atoms with Crippen LogP contribution in [0.15, 0.2) is 48.8 Å². The lowest BCUT2D eigenvalue weighted by Crippen LogP contribution is -2.09. The van der Waals surface area contributed by atoms with Crippen LogP contribution in [0.2, 0.25) is 0 Å². The van der Waals surface area contributed by atoms with Crippen molar-refractivity contribution in [2.75, 3.05) is 11.0 Å². The molecular weight excluding hydrogens is 360 g/mol. The molecule has 0 spiro atoms. The number of rotatable bonds is 4. The number of nitrogens with one attached hydrogen (secondary N) is 1. The number of hydrogen-bond acceptors (Lipinski definition) is 3. The predicted molar refractivity (Wildman–Crippen MR) is 110 cm³/mol. The third-order valence-corrected chi connectivity index (χ3v) is 5.36. The fourth-order valence-electron chi connectivity index (χ4n) is 3.52. The first-order chi connectivity index (χ1) is 12.7. The van der Waals surface area contributed by atoms with Gasteiger partial charge in [-0.1, -0.05) is 12.1 Å². The maximum atomic E-state index is 11.6. The second-order valence-corrected chi connectivity index (χ2v) is 8.94. The molecule has 2 aromatic carbocycles. The van der Waals surface area contributed by atoms with E-state index in [2.05, 4.69) is 52.6 Å². The van der Waals surface area contributed by atoms with E-state index in [0.29, 0.717) is 5.69 Å². The molecular formula is C20H22N4O2S. The average Bonchev–Trinajstić information content (AvgIpc) is 3.14. The van der Waals surface area contributed by atoms with E-state index in [1.807, 2.05) is 30.1 Å². The highest BCUT2D eigenvalue weighted by molar-refractivity contribution is 7.92. The molecule has 6 nitrogen and oxygen atoms in total. The Morgan fingerprint density at radius 3 is 2.56 bits per heavy atom. The van der Waals surface area contributed by atoms with E-state index in [-0.39, 0.29) is 6.04 Å². The molecule has 0 saturated heterocycles. The lowest BCUT2D eigenvalue weighted by molar-refractivity contribution is 0.607. The minimum atomic E-state index is -3.31. The molecule has 0 fully saturated rings. The minimum Gasteiger partial charge on any atom is -0.344 e. The van der Waals surface area contributed by atoms with Gasteiger partial charge < -0.3 is 4.57 Å². The van der Waals surface area contributed by atoms with E-state index in [1.54, 1.807) is 6.07 Å². The summed E-state index contributed by atoms with van der Waals surface area (Å²) >= 11 is 0. The van der Waals surface area contributed by atoms with Crippen molar-refractivity contribution in [3.05, 3.63) is 48.8 Å². The van der Waals surface area contributed by atoms with E-state index >= 15 is 0 Å². The molecule has 7 heteroatoms. The van der Waals surface area contributed by atoms with Crippen LogP contribution in [0.5, 0.6) is 0 Å². The van der Waals surface area contributed by atoms with Gasteiger partial charge in [0.15, 0.2) is 0 Å². The molecule has 0 bridgehead atoms. The fraction of sp³-hybridized carbons (Fsp3) is 0.250. The fourth-order valence-corrected chi connectivity index (χ4v) is 4.07. The quantitative estimate of drug-likeness (QED) is 0.576. The zero-order valence-electron chi connectivity index (χ0n) is 15.8. The first-order valence-corrected chi connectivity index (χ1v) is 10.7. The summed E-state index contributed by atoms with van der Waals surface area (Å²) in [5, 5.41) is 6.50. The lowest BCUT2D eigenvalue weighted by atomic mass is 10.0. The van der Waals surface area contributed by atoms with Gasteiger partial charge in [0.1, 0.15) is 0 Å². The summed E-state index contributed by atoms with van der Waals surface area (Å²) in [4.78, 5) is 0. The van der Waals surface area contributed by atoms with Gasteiger partial charge in [-0.05, 0) is 43.7 Å². The molecule has 140 valence electrons. The van der Waals surface area contributed by atoms with Gasteiger partial charge in [0.25, 0.3) is 0 Å². The number of hydrogen-bond donors (Lipinski definition) is 1. The Hall–Kier alpha value is -2.80. The third-order valence-electron chi connectivity index (χ3n) is 4.75. The smallest absolute Gasteiger partial charge is 0.229 e. The molecule has 0 saturated carbocycles. The van der Waals surface area contributed by atoms with Gasteiger partial charge in [-0.2, -0.15) is 5.10 Å². The Balaban J connectivity index is 1.91. The van der Waals surface area contributed by atoms with Crippen LogP contribution >= 0.6 is 0 Å². The minimum absolute atomic E-state index is 0.247. The second-order valence-electron chi connectivity index (χ2n) is 7.19. The number of sulfonamides is 1. The molecule has 1 N–H and O–H groups in total. The van der Waals surface area contributed by atoms with Crippen LogP contribution in [0.3, 0.4) is 0 Å². The number of aromatic nitrogens is 3. The Kier molecular flexibility index (Phi) is 3.99. The van der Waals surface area contributed by atoms with Gasteiger partial charge in [0.2, 0.25) is 10.0 Å². The molecule has 4 aromatic rings. The first-order valence-electron chi connectivity index (χ1n) is 8.77. The van der Waals surface area contributed by atoms with Gasteiger partial charge in [-0.3, -0.25) is 9.40 Å². The second kappa shape index (κ2) is 6.13. The van der Waals surface area contributed by atoms with Crippen molar-refractivity contribution in [3.63, 3.8) is 0 Å². The van der Waals surface area contributed by atoms with E-state index in [0.717, 1.165) is 39.2 Å². The highest BCUT2D eigenvalue weighted by atomic mass is 32.2. The van der Waals surface area contributed by atoms with Crippen LogP contribution in [-0.2, 0) is 17.1 Å². The van der Waals surface area contributed by atoms with Crippen LogP contribution in [-0.4, -0.2) is 29.0 Å². The SMILES string of the molecule is CC(C)n1cc(-c2ccc3c(cnn3C)c2)c2ccc(NS(C)(=O)=O)cc21. The summed E-state index contributed by atoms with van der Waals surface area (Å²) in [6.07, 6.45) is 5.17.